The summed E-state index contributed by atoms with van der Waals surface area (Å²) in [6, 6.07) is 23.6. The van der Waals surface area contributed by atoms with Gasteiger partial charge in [0.25, 0.3) is 0 Å². The van der Waals surface area contributed by atoms with E-state index in [1.54, 1.807) is 12.1 Å². The highest BCUT2D eigenvalue weighted by Crippen LogP contribution is 2.35. The fourth-order valence-corrected chi connectivity index (χ4v) is 2.81. The van der Waals surface area contributed by atoms with Crippen LogP contribution in [0.5, 0.6) is 5.75 Å². The first kappa shape index (κ1) is 11.9. The first-order valence-electron chi connectivity index (χ1n) is 6.90. The van der Waals surface area contributed by atoms with Crippen LogP contribution in [0.4, 0.5) is 0 Å². The molecule has 0 bridgehead atoms. The standard InChI is InChI=1S/C19H13NO/c21-14-7-5-6-13(12-14)19-15-8-1-3-10-17(15)20-18-11-4-2-9-16(18)19/h1-12,21H. The van der Waals surface area contributed by atoms with Crippen molar-refractivity contribution in [3.05, 3.63) is 72.8 Å². The van der Waals surface area contributed by atoms with E-state index in [1.807, 2.05) is 48.5 Å². The quantitative estimate of drug-likeness (QED) is 0.506. The molecule has 1 heterocycles. The van der Waals surface area contributed by atoms with Gasteiger partial charge in [0.15, 0.2) is 0 Å². The minimum Gasteiger partial charge on any atom is -0.508 e. The Hall–Kier alpha value is -2.87. The number of benzene rings is 3. The number of rotatable bonds is 1. The number of aromatic hydroxyl groups is 1. The maximum absolute atomic E-state index is 9.80. The van der Waals surface area contributed by atoms with Crippen LogP contribution in [0.1, 0.15) is 0 Å². The summed E-state index contributed by atoms with van der Waals surface area (Å²) in [5.41, 5.74) is 4.06. The average Bonchev–Trinajstić information content (AvgIpc) is 2.52. The second-order valence-corrected chi connectivity index (χ2v) is 5.07. The van der Waals surface area contributed by atoms with Crippen molar-refractivity contribution in [3.8, 4) is 16.9 Å². The maximum atomic E-state index is 9.80. The molecule has 0 atom stereocenters. The summed E-state index contributed by atoms with van der Waals surface area (Å²) in [5, 5.41) is 12.0. The molecule has 100 valence electrons. The minimum absolute atomic E-state index is 0.275. The minimum atomic E-state index is 0.275. The molecule has 2 nitrogen and oxygen atoms in total. The Bertz CT molecular complexity index is 906. The third-order valence-corrected chi connectivity index (χ3v) is 3.72. The lowest BCUT2D eigenvalue weighted by Gasteiger charge is -2.11. The number of hydrogen-bond donors (Lipinski definition) is 1. The molecular formula is C19H13NO. The third kappa shape index (κ3) is 1.93. The van der Waals surface area contributed by atoms with Gasteiger partial charge in [-0.05, 0) is 29.8 Å². The Morgan fingerprint density at radius 1 is 0.667 bits per heavy atom. The van der Waals surface area contributed by atoms with Gasteiger partial charge >= 0.3 is 0 Å². The first-order chi connectivity index (χ1) is 10.3. The van der Waals surface area contributed by atoms with E-state index in [1.165, 1.54) is 0 Å². The van der Waals surface area contributed by atoms with Crippen LogP contribution in [0.2, 0.25) is 0 Å². The van der Waals surface area contributed by atoms with E-state index in [4.69, 9.17) is 4.98 Å². The van der Waals surface area contributed by atoms with Gasteiger partial charge in [0.05, 0.1) is 11.0 Å². The molecule has 0 amide bonds. The van der Waals surface area contributed by atoms with Crippen LogP contribution in [-0.4, -0.2) is 10.1 Å². The lowest BCUT2D eigenvalue weighted by molar-refractivity contribution is 0.475. The van der Waals surface area contributed by atoms with Crippen molar-refractivity contribution in [2.45, 2.75) is 0 Å². The van der Waals surface area contributed by atoms with Gasteiger partial charge in [0.1, 0.15) is 5.75 Å². The van der Waals surface area contributed by atoms with Crippen LogP contribution < -0.4 is 0 Å². The van der Waals surface area contributed by atoms with Gasteiger partial charge in [-0.2, -0.15) is 0 Å². The van der Waals surface area contributed by atoms with Crippen molar-refractivity contribution < 1.29 is 5.11 Å². The van der Waals surface area contributed by atoms with E-state index in [-0.39, 0.29) is 5.75 Å². The van der Waals surface area contributed by atoms with Gasteiger partial charge < -0.3 is 5.11 Å². The number of hydrogen-bond acceptors (Lipinski definition) is 2. The molecule has 0 aliphatic heterocycles. The van der Waals surface area contributed by atoms with E-state index >= 15 is 0 Å². The molecule has 0 fully saturated rings. The fourth-order valence-electron chi connectivity index (χ4n) is 2.81. The molecule has 1 N–H and O–H groups in total. The van der Waals surface area contributed by atoms with E-state index in [2.05, 4.69) is 12.1 Å². The Morgan fingerprint density at radius 2 is 1.29 bits per heavy atom. The molecule has 21 heavy (non-hydrogen) atoms. The fraction of sp³-hybridized carbons (Fsp3) is 0. The molecule has 0 aliphatic carbocycles. The van der Waals surface area contributed by atoms with Gasteiger partial charge in [-0.3, -0.25) is 0 Å². The second kappa shape index (κ2) is 4.60. The lowest BCUT2D eigenvalue weighted by Crippen LogP contribution is -1.88. The summed E-state index contributed by atoms with van der Waals surface area (Å²) in [6.45, 7) is 0. The number of para-hydroxylation sites is 2. The number of pyridine rings is 1. The van der Waals surface area contributed by atoms with Gasteiger partial charge in [-0.1, -0.05) is 48.5 Å². The molecule has 3 aromatic carbocycles. The number of phenolic OH excluding ortho intramolecular Hbond substituents is 1. The molecule has 0 saturated heterocycles. The second-order valence-electron chi connectivity index (χ2n) is 5.07. The van der Waals surface area contributed by atoms with Crippen molar-refractivity contribution in [1.29, 1.82) is 0 Å². The monoisotopic (exact) mass is 271 g/mol. The van der Waals surface area contributed by atoms with Crippen molar-refractivity contribution in [2.24, 2.45) is 0 Å². The predicted molar refractivity (Wildman–Crippen MR) is 86.3 cm³/mol. The molecular weight excluding hydrogens is 258 g/mol. The molecule has 4 rings (SSSR count). The lowest BCUT2D eigenvalue weighted by atomic mass is 9.96. The van der Waals surface area contributed by atoms with Crippen LogP contribution >= 0.6 is 0 Å². The molecule has 0 aliphatic rings. The topological polar surface area (TPSA) is 33.1 Å². The number of fused-ring (bicyclic) bond motifs is 2. The summed E-state index contributed by atoms with van der Waals surface area (Å²) >= 11 is 0. The number of phenols is 1. The zero-order chi connectivity index (χ0) is 14.2. The highest BCUT2D eigenvalue weighted by atomic mass is 16.3. The summed E-state index contributed by atoms with van der Waals surface area (Å²) in [4.78, 5) is 4.72. The Kier molecular flexibility index (Phi) is 2.61. The molecule has 2 heteroatoms. The molecule has 1 aromatic heterocycles. The van der Waals surface area contributed by atoms with E-state index in [0.29, 0.717) is 0 Å². The molecule has 0 unspecified atom stereocenters. The van der Waals surface area contributed by atoms with Crippen LogP contribution in [0.25, 0.3) is 32.9 Å². The Labute approximate surface area is 122 Å². The van der Waals surface area contributed by atoms with Crippen LogP contribution in [0.3, 0.4) is 0 Å². The highest BCUT2D eigenvalue weighted by Gasteiger charge is 2.10. The number of nitrogens with zero attached hydrogens (tertiary/aromatic N) is 1. The average molecular weight is 271 g/mol. The van der Waals surface area contributed by atoms with Gasteiger partial charge in [-0.15, -0.1) is 0 Å². The molecule has 0 radical (unpaired) electrons. The largest absolute Gasteiger partial charge is 0.508 e. The SMILES string of the molecule is Oc1cccc(-c2c3ccccc3nc3ccccc23)c1. The van der Waals surface area contributed by atoms with Crippen LogP contribution in [0.15, 0.2) is 72.8 Å². The summed E-state index contributed by atoms with van der Waals surface area (Å²) in [7, 11) is 0. The van der Waals surface area contributed by atoms with Crippen LogP contribution in [0, 0.1) is 0 Å². The van der Waals surface area contributed by atoms with E-state index in [9.17, 15) is 5.11 Å². The van der Waals surface area contributed by atoms with Gasteiger partial charge in [-0.25, -0.2) is 4.98 Å². The predicted octanol–water partition coefficient (Wildman–Crippen LogP) is 4.76. The zero-order valence-electron chi connectivity index (χ0n) is 11.3. The van der Waals surface area contributed by atoms with Crippen LogP contribution in [-0.2, 0) is 0 Å². The van der Waals surface area contributed by atoms with Gasteiger partial charge in [0.2, 0.25) is 0 Å². The molecule has 0 saturated carbocycles. The van der Waals surface area contributed by atoms with Crippen molar-refractivity contribution in [3.63, 3.8) is 0 Å². The Balaban J connectivity index is 2.21. The molecule has 0 spiro atoms. The summed E-state index contributed by atoms with van der Waals surface area (Å²) < 4.78 is 0. The summed E-state index contributed by atoms with van der Waals surface area (Å²) in [5.74, 6) is 0.275. The van der Waals surface area contributed by atoms with Gasteiger partial charge in [0, 0.05) is 16.3 Å². The van der Waals surface area contributed by atoms with Crippen molar-refractivity contribution >= 4 is 21.8 Å². The van der Waals surface area contributed by atoms with E-state index in [0.717, 1.165) is 32.9 Å². The van der Waals surface area contributed by atoms with Crippen molar-refractivity contribution in [2.75, 3.05) is 0 Å². The normalized spacial score (nSPS) is 11.0. The zero-order valence-corrected chi connectivity index (χ0v) is 11.3. The van der Waals surface area contributed by atoms with Crippen molar-refractivity contribution in [1.82, 2.24) is 4.98 Å². The summed E-state index contributed by atoms with van der Waals surface area (Å²) in [6.07, 6.45) is 0. The number of aromatic nitrogens is 1. The molecule has 4 aromatic rings. The Morgan fingerprint density at radius 3 is 1.90 bits per heavy atom. The maximum Gasteiger partial charge on any atom is 0.116 e. The highest BCUT2D eigenvalue weighted by molar-refractivity contribution is 6.09. The van der Waals surface area contributed by atoms with E-state index < -0.39 is 0 Å². The third-order valence-electron chi connectivity index (χ3n) is 3.72. The first-order valence-corrected chi connectivity index (χ1v) is 6.90. The smallest absolute Gasteiger partial charge is 0.116 e.